The highest BCUT2D eigenvalue weighted by atomic mass is 16.5. The van der Waals surface area contributed by atoms with Gasteiger partial charge >= 0.3 is 0 Å². The normalized spacial score (nSPS) is 25.3. The summed E-state index contributed by atoms with van der Waals surface area (Å²) in [5.74, 6) is 0.0121. The monoisotopic (exact) mass is 294 g/mol. The smallest absolute Gasteiger partial charge is 0.244 e. The van der Waals surface area contributed by atoms with Crippen LogP contribution in [0.15, 0.2) is 0 Å². The Bertz CT molecular complexity index is 414. The first-order chi connectivity index (χ1) is 10.1. The van der Waals surface area contributed by atoms with Crippen molar-refractivity contribution in [1.29, 1.82) is 0 Å². The van der Waals surface area contributed by atoms with E-state index in [9.17, 15) is 9.59 Å². The molecule has 1 saturated heterocycles. The molecule has 1 spiro atoms. The zero-order chi connectivity index (χ0) is 14.9. The van der Waals surface area contributed by atoms with Crippen LogP contribution in [0.1, 0.15) is 57.8 Å². The standard InChI is InChI=1S/C16H26N2O3/c19-14(17-21)10-13(9-12-3-1-2-4-12)15(20)18-8-7-16(11-18)5-6-16/h12-13,21H,1-11H2,(H,17,19). The second-order valence-electron chi connectivity index (χ2n) is 7.33. The van der Waals surface area contributed by atoms with Gasteiger partial charge in [-0.1, -0.05) is 25.7 Å². The lowest BCUT2D eigenvalue weighted by Gasteiger charge is -2.25. The van der Waals surface area contributed by atoms with Crippen LogP contribution < -0.4 is 5.48 Å². The van der Waals surface area contributed by atoms with Gasteiger partial charge < -0.3 is 4.90 Å². The van der Waals surface area contributed by atoms with Gasteiger partial charge in [0.2, 0.25) is 11.8 Å². The summed E-state index contributed by atoms with van der Waals surface area (Å²) in [5, 5.41) is 8.76. The summed E-state index contributed by atoms with van der Waals surface area (Å²) >= 11 is 0. The molecular formula is C16H26N2O3. The molecule has 0 bridgehead atoms. The molecular weight excluding hydrogens is 268 g/mol. The first kappa shape index (κ1) is 14.8. The van der Waals surface area contributed by atoms with Crippen molar-refractivity contribution < 1.29 is 14.8 Å². The topological polar surface area (TPSA) is 69.6 Å². The van der Waals surface area contributed by atoms with E-state index in [0.29, 0.717) is 11.3 Å². The molecule has 1 atom stereocenters. The Hall–Kier alpha value is -1.10. The summed E-state index contributed by atoms with van der Waals surface area (Å²) in [6.45, 7) is 1.73. The molecule has 1 heterocycles. The van der Waals surface area contributed by atoms with E-state index < -0.39 is 5.91 Å². The molecule has 2 aliphatic carbocycles. The van der Waals surface area contributed by atoms with Crippen LogP contribution in [0.25, 0.3) is 0 Å². The van der Waals surface area contributed by atoms with Crippen LogP contribution in [0.3, 0.4) is 0 Å². The number of carbonyl (C=O) groups excluding carboxylic acids is 2. The average molecular weight is 294 g/mol. The van der Waals surface area contributed by atoms with Gasteiger partial charge in [-0.05, 0) is 37.0 Å². The fourth-order valence-corrected chi connectivity index (χ4v) is 4.16. The molecule has 118 valence electrons. The number of hydrogen-bond donors (Lipinski definition) is 2. The Kier molecular flexibility index (Phi) is 4.20. The Morgan fingerprint density at radius 3 is 2.52 bits per heavy atom. The zero-order valence-corrected chi connectivity index (χ0v) is 12.6. The lowest BCUT2D eigenvalue weighted by molar-refractivity contribution is -0.140. The molecule has 0 radical (unpaired) electrons. The maximum atomic E-state index is 12.8. The number of nitrogens with zero attached hydrogens (tertiary/aromatic N) is 1. The third-order valence-electron chi connectivity index (χ3n) is 5.71. The molecule has 2 N–H and O–H groups in total. The molecule has 0 aromatic carbocycles. The predicted octanol–water partition coefficient (Wildman–Crippen LogP) is 2.09. The molecule has 0 aromatic heterocycles. The number of nitrogens with one attached hydrogen (secondary N) is 1. The molecule has 0 aromatic rings. The minimum absolute atomic E-state index is 0.120. The lowest BCUT2D eigenvalue weighted by atomic mass is 9.89. The fourth-order valence-electron chi connectivity index (χ4n) is 4.16. The molecule has 21 heavy (non-hydrogen) atoms. The molecule has 3 rings (SSSR count). The van der Waals surface area contributed by atoms with Crippen LogP contribution >= 0.6 is 0 Å². The van der Waals surface area contributed by atoms with Crippen LogP contribution in [0.2, 0.25) is 0 Å². The summed E-state index contributed by atoms with van der Waals surface area (Å²) in [5.41, 5.74) is 2.11. The summed E-state index contributed by atoms with van der Waals surface area (Å²) in [7, 11) is 0. The molecule has 2 saturated carbocycles. The largest absolute Gasteiger partial charge is 0.342 e. The molecule has 1 unspecified atom stereocenters. The lowest BCUT2D eigenvalue weighted by Crippen LogP contribution is -2.37. The van der Waals surface area contributed by atoms with Crippen molar-refractivity contribution >= 4 is 11.8 Å². The van der Waals surface area contributed by atoms with Gasteiger partial charge in [0.1, 0.15) is 0 Å². The quantitative estimate of drug-likeness (QED) is 0.602. The number of hydroxylamine groups is 1. The molecule has 3 fully saturated rings. The number of carbonyl (C=O) groups is 2. The molecule has 5 nitrogen and oxygen atoms in total. The Balaban J connectivity index is 1.61. The van der Waals surface area contributed by atoms with Gasteiger partial charge in [0, 0.05) is 25.4 Å². The second kappa shape index (κ2) is 5.95. The first-order valence-corrected chi connectivity index (χ1v) is 8.34. The highest BCUT2D eigenvalue weighted by molar-refractivity contribution is 5.85. The Morgan fingerprint density at radius 1 is 1.24 bits per heavy atom. The molecule has 2 amide bonds. The van der Waals surface area contributed by atoms with Gasteiger partial charge in [0.25, 0.3) is 0 Å². The maximum Gasteiger partial charge on any atom is 0.244 e. The molecule has 1 aliphatic heterocycles. The number of likely N-dealkylation sites (tertiary alicyclic amines) is 1. The summed E-state index contributed by atoms with van der Waals surface area (Å²) in [6, 6.07) is 0. The Morgan fingerprint density at radius 2 is 1.95 bits per heavy atom. The SMILES string of the molecule is O=C(CC(CC1CCCC1)C(=O)N1CCC2(CC2)C1)NO. The second-order valence-corrected chi connectivity index (χ2v) is 7.33. The van der Waals surface area contributed by atoms with E-state index in [-0.39, 0.29) is 18.2 Å². The van der Waals surface area contributed by atoms with E-state index >= 15 is 0 Å². The van der Waals surface area contributed by atoms with E-state index in [2.05, 4.69) is 0 Å². The van der Waals surface area contributed by atoms with E-state index in [1.807, 2.05) is 4.90 Å². The van der Waals surface area contributed by atoms with Gasteiger partial charge in [0.05, 0.1) is 0 Å². The van der Waals surface area contributed by atoms with E-state index in [1.165, 1.54) is 38.5 Å². The van der Waals surface area contributed by atoms with Gasteiger partial charge in [-0.15, -0.1) is 0 Å². The Labute approximate surface area is 126 Å². The van der Waals surface area contributed by atoms with Gasteiger partial charge in [0.15, 0.2) is 0 Å². The minimum Gasteiger partial charge on any atom is -0.342 e. The summed E-state index contributed by atoms with van der Waals surface area (Å²) in [6.07, 6.45) is 9.38. The van der Waals surface area contributed by atoms with Crippen molar-refractivity contribution in [1.82, 2.24) is 10.4 Å². The third-order valence-corrected chi connectivity index (χ3v) is 5.71. The van der Waals surface area contributed by atoms with Crippen LogP contribution in [-0.2, 0) is 9.59 Å². The predicted molar refractivity (Wildman–Crippen MR) is 77.5 cm³/mol. The van der Waals surface area contributed by atoms with Gasteiger partial charge in [-0.2, -0.15) is 0 Å². The van der Waals surface area contributed by atoms with Crippen LogP contribution in [-0.4, -0.2) is 35.0 Å². The van der Waals surface area contributed by atoms with Crippen molar-refractivity contribution in [2.75, 3.05) is 13.1 Å². The van der Waals surface area contributed by atoms with E-state index in [0.717, 1.165) is 25.9 Å². The van der Waals surface area contributed by atoms with Crippen LogP contribution in [0.5, 0.6) is 0 Å². The van der Waals surface area contributed by atoms with Crippen LogP contribution in [0.4, 0.5) is 0 Å². The minimum atomic E-state index is -0.438. The van der Waals surface area contributed by atoms with Crippen molar-refractivity contribution in [3.05, 3.63) is 0 Å². The first-order valence-electron chi connectivity index (χ1n) is 8.34. The summed E-state index contributed by atoms with van der Waals surface area (Å²) in [4.78, 5) is 26.3. The van der Waals surface area contributed by atoms with Crippen molar-refractivity contribution in [3.8, 4) is 0 Å². The molecule has 3 aliphatic rings. The summed E-state index contributed by atoms with van der Waals surface area (Å²) < 4.78 is 0. The highest BCUT2D eigenvalue weighted by Gasteiger charge is 2.49. The maximum absolute atomic E-state index is 12.8. The van der Waals surface area contributed by atoms with Crippen molar-refractivity contribution in [2.45, 2.75) is 57.8 Å². The number of rotatable bonds is 5. The van der Waals surface area contributed by atoms with Gasteiger partial charge in [-0.25, -0.2) is 5.48 Å². The van der Waals surface area contributed by atoms with Crippen LogP contribution in [0, 0.1) is 17.3 Å². The average Bonchev–Trinajstić information content (AvgIpc) is 2.89. The third kappa shape index (κ3) is 3.39. The number of amides is 2. The van der Waals surface area contributed by atoms with Crippen molar-refractivity contribution in [3.63, 3.8) is 0 Å². The van der Waals surface area contributed by atoms with Crippen molar-refractivity contribution in [2.24, 2.45) is 17.3 Å². The van der Waals surface area contributed by atoms with E-state index in [1.54, 1.807) is 5.48 Å². The fraction of sp³-hybridized carbons (Fsp3) is 0.875. The molecule has 5 heteroatoms. The zero-order valence-electron chi connectivity index (χ0n) is 12.6. The highest BCUT2D eigenvalue weighted by Crippen LogP contribution is 2.53. The van der Waals surface area contributed by atoms with E-state index in [4.69, 9.17) is 5.21 Å². The number of hydrogen-bond acceptors (Lipinski definition) is 3. The van der Waals surface area contributed by atoms with Gasteiger partial charge in [-0.3, -0.25) is 14.8 Å².